The minimum absolute atomic E-state index is 0.213. The summed E-state index contributed by atoms with van der Waals surface area (Å²) in [4.78, 5) is 17.0. The van der Waals surface area contributed by atoms with Gasteiger partial charge in [0.05, 0.1) is 28.3 Å². The Labute approximate surface area is 210 Å². The van der Waals surface area contributed by atoms with Crippen LogP contribution in [0.25, 0.3) is 11.3 Å². The average molecular weight is 502 g/mol. The van der Waals surface area contributed by atoms with Crippen molar-refractivity contribution in [3.05, 3.63) is 94.7 Å². The summed E-state index contributed by atoms with van der Waals surface area (Å²) in [7, 11) is -4.16. The highest BCUT2D eigenvalue weighted by Gasteiger charge is 2.20. The monoisotopic (exact) mass is 501 g/mol. The molecule has 0 saturated heterocycles. The Morgan fingerprint density at radius 3 is 2.44 bits per heavy atom. The summed E-state index contributed by atoms with van der Waals surface area (Å²) in [5.74, 6) is 5.37. The molecule has 3 heterocycles. The normalized spacial score (nSPS) is 11.0. The van der Waals surface area contributed by atoms with Crippen LogP contribution in [0.3, 0.4) is 0 Å². The van der Waals surface area contributed by atoms with E-state index in [0.29, 0.717) is 34.5 Å². The molecule has 1 aromatic carbocycles. The first kappa shape index (κ1) is 24.9. The molecule has 3 aromatic heterocycles. The summed E-state index contributed by atoms with van der Waals surface area (Å²) in [5, 5.41) is 0. The van der Waals surface area contributed by atoms with E-state index in [1.165, 1.54) is 18.5 Å². The number of anilines is 1. The van der Waals surface area contributed by atoms with Crippen LogP contribution < -0.4 is 4.72 Å². The van der Waals surface area contributed by atoms with E-state index in [1.54, 1.807) is 38.4 Å². The van der Waals surface area contributed by atoms with Gasteiger partial charge in [0.15, 0.2) is 0 Å². The van der Waals surface area contributed by atoms with Crippen LogP contribution in [-0.4, -0.2) is 28.4 Å². The van der Waals surface area contributed by atoms with Gasteiger partial charge in [0.2, 0.25) is 0 Å². The molecule has 0 radical (unpaired) electrons. The van der Waals surface area contributed by atoms with E-state index in [4.69, 9.17) is 0 Å². The first-order valence-electron chi connectivity index (χ1n) is 11.2. The second-order valence-electron chi connectivity index (χ2n) is 8.23. The van der Waals surface area contributed by atoms with E-state index in [-0.39, 0.29) is 5.69 Å². The summed E-state index contributed by atoms with van der Waals surface area (Å²) in [6, 6.07) is 9.36. The molecule has 0 aliphatic heterocycles. The lowest BCUT2D eigenvalue weighted by Gasteiger charge is -2.11. The molecular weight excluding hydrogens is 477 g/mol. The Bertz CT molecular complexity index is 1610. The first-order chi connectivity index (χ1) is 17.2. The van der Waals surface area contributed by atoms with Crippen LogP contribution >= 0.6 is 0 Å². The van der Waals surface area contributed by atoms with Crippen LogP contribution in [0.5, 0.6) is 0 Å². The smallest absolute Gasteiger partial charge is 0.264 e. The van der Waals surface area contributed by atoms with Crippen molar-refractivity contribution in [1.29, 1.82) is 0 Å². The van der Waals surface area contributed by atoms with Gasteiger partial charge in [-0.1, -0.05) is 24.8 Å². The molecule has 4 rings (SSSR count). The lowest BCUT2D eigenvalue weighted by molar-refractivity contribution is 0.569. The molecule has 36 heavy (non-hydrogen) atoms. The van der Waals surface area contributed by atoms with Crippen LogP contribution in [0.15, 0.2) is 60.0 Å². The molecular formula is C27H24FN5O2S. The Balaban J connectivity index is 1.72. The minimum Gasteiger partial charge on any atom is -0.278 e. The molecule has 0 bridgehead atoms. The second-order valence-corrected chi connectivity index (χ2v) is 9.88. The molecule has 7 nitrogen and oxygen atoms in total. The lowest BCUT2D eigenvalue weighted by atomic mass is 10.0. The summed E-state index contributed by atoms with van der Waals surface area (Å²) in [6.45, 7) is 7.23. The predicted octanol–water partition coefficient (Wildman–Crippen LogP) is 4.76. The molecule has 0 aliphatic rings. The Morgan fingerprint density at radius 1 is 0.944 bits per heavy atom. The fourth-order valence-corrected chi connectivity index (χ4v) is 4.68. The zero-order valence-electron chi connectivity index (χ0n) is 20.3. The quantitative estimate of drug-likeness (QED) is 0.396. The van der Waals surface area contributed by atoms with E-state index < -0.39 is 20.7 Å². The van der Waals surface area contributed by atoms with Gasteiger partial charge < -0.3 is 0 Å². The van der Waals surface area contributed by atoms with E-state index in [0.717, 1.165) is 17.0 Å². The van der Waals surface area contributed by atoms with Gasteiger partial charge in [0.1, 0.15) is 17.0 Å². The lowest BCUT2D eigenvalue weighted by Crippen LogP contribution is -2.16. The van der Waals surface area contributed by atoms with Crippen LogP contribution in [-0.2, 0) is 16.4 Å². The molecule has 1 N–H and O–H groups in total. The van der Waals surface area contributed by atoms with Gasteiger partial charge in [-0.2, -0.15) is 0 Å². The largest absolute Gasteiger partial charge is 0.278 e. The molecule has 0 amide bonds. The van der Waals surface area contributed by atoms with E-state index in [1.807, 2.05) is 26.0 Å². The number of benzene rings is 1. The van der Waals surface area contributed by atoms with Gasteiger partial charge in [-0.15, -0.1) is 0 Å². The number of sulfonamides is 1. The third kappa shape index (κ3) is 5.39. The first-order valence-corrected chi connectivity index (χ1v) is 12.7. The molecule has 182 valence electrons. The maximum atomic E-state index is 14.3. The number of aryl methyl sites for hydroxylation is 4. The number of nitrogens with zero attached hydrogens (tertiary/aromatic N) is 4. The fourth-order valence-electron chi connectivity index (χ4n) is 3.51. The van der Waals surface area contributed by atoms with Crippen LogP contribution in [0.1, 0.15) is 40.7 Å². The highest BCUT2D eigenvalue weighted by Crippen LogP contribution is 2.24. The van der Waals surface area contributed by atoms with Crippen molar-refractivity contribution < 1.29 is 12.8 Å². The van der Waals surface area contributed by atoms with Crippen molar-refractivity contribution in [3.63, 3.8) is 0 Å². The van der Waals surface area contributed by atoms with E-state index in [2.05, 4.69) is 36.5 Å². The van der Waals surface area contributed by atoms with Crippen LogP contribution in [0, 0.1) is 38.4 Å². The molecule has 4 aromatic rings. The number of hydrogen-bond acceptors (Lipinski definition) is 6. The third-order valence-corrected chi connectivity index (χ3v) is 6.88. The predicted molar refractivity (Wildman–Crippen MR) is 136 cm³/mol. The number of aromatic nitrogens is 4. The number of hydrogen-bond donors (Lipinski definition) is 1. The molecule has 0 fully saturated rings. The van der Waals surface area contributed by atoms with Crippen LogP contribution in [0.4, 0.5) is 10.1 Å². The van der Waals surface area contributed by atoms with Gasteiger partial charge in [-0.25, -0.2) is 22.8 Å². The standard InChI is InChI=1S/C27H24FN5O2S/c1-5-24-22(27(32-16-31-24)21-9-7-18(3)29-15-21)10-8-20-13-25(19(4)30-14-20)33-36(34,35)26-11-6-17(2)12-23(26)28/h6-7,9,11-16,33H,5H2,1-4H3. The highest BCUT2D eigenvalue weighted by molar-refractivity contribution is 7.92. The summed E-state index contributed by atoms with van der Waals surface area (Å²) in [5.41, 5.74) is 5.56. The topological polar surface area (TPSA) is 97.7 Å². The molecule has 0 unspecified atom stereocenters. The average Bonchev–Trinajstić information content (AvgIpc) is 2.84. The second kappa shape index (κ2) is 10.2. The minimum atomic E-state index is -4.16. The van der Waals surface area contributed by atoms with Crippen molar-refractivity contribution in [2.75, 3.05) is 4.72 Å². The van der Waals surface area contributed by atoms with E-state index >= 15 is 0 Å². The van der Waals surface area contributed by atoms with Crippen LogP contribution in [0.2, 0.25) is 0 Å². The third-order valence-electron chi connectivity index (χ3n) is 5.49. The SMILES string of the molecule is CCc1ncnc(-c2ccc(C)nc2)c1C#Cc1cnc(C)c(NS(=O)(=O)c2ccc(C)cc2F)c1. The van der Waals surface area contributed by atoms with E-state index in [9.17, 15) is 12.8 Å². The molecule has 9 heteroatoms. The number of pyridine rings is 2. The van der Waals surface area contributed by atoms with Gasteiger partial charge >= 0.3 is 0 Å². The Kier molecular flexibility index (Phi) is 7.08. The van der Waals surface area contributed by atoms with Gasteiger partial charge in [-0.05, 0) is 63.1 Å². The number of nitrogens with one attached hydrogen (secondary N) is 1. The summed E-state index contributed by atoms with van der Waals surface area (Å²) >= 11 is 0. The summed E-state index contributed by atoms with van der Waals surface area (Å²) < 4.78 is 42.5. The zero-order chi connectivity index (χ0) is 25.9. The molecule has 0 atom stereocenters. The molecule has 0 aliphatic carbocycles. The summed E-state index contributed by atoms with van der Waals surface area (Å²) in [6.07, 6.45) is 5.45. The van der Waals surface area contributed by atoms with Crippen molar-refractivity contribution in [3.8, 4) is 23.1 Å². The van der Waals surface area contributed by atoms with Crippen molar-refractivity contribution in [2.45, 2.75) is 39.0 Å². The maximum absolute atomic E-state index is 14.3. The maximum Gasteiger partial charge on any atom is 0.264 e. The fraction of sp³-hybridized carbons (Fsp3) is 0.185. The van der Waals surface area contributed by atoms with Crippen molar-refractivity contribution in [1.82, 2.24) is 19.9 Å². The number of halogens is 1. The Hall–Kier alpha value is -4.16. The Morgan fingerprint density at radius 2 is 1.75 bits per heavy atom. The van der Waals surface area contributed by atoms with Gasteiger partial charge in [0, 0.05) is 29.2 Å². The highest BCUT2D eigenvalue weighted by atomic mass is 32.2. The van der Waals surface area contributed by atoms with Gasteiger partial charge in [0.25, 0.3) is 10.0 Å². The molecule has 0 spiro atoms. The zero-order valence-corrected chi connectivity index (χ0v) is 21.1. The van der Waals surface area contributed by atoms with Gasteiger partial charge in [-0.3, -0.25) is 14.7 Å². The molecule has 0 saturated carbocycles. The number of rotatable bonds is 5. The van der Waals surface area contributed by atoms with Crippen molar-refractivity contribution >= 4 is 15.7 Å². The van der Waals surface area contributed by atoms with Crippen molar-refractivity contribution in [2.24, 2.45) is 0 Å².